The summed E-state index contributed by atoms with van der Waals surface area (Å²) in [6.07, 6.45) is 4.70. The molecule has 1 aliphatic rings. The number of aryl methyl sites for hydroxylation is 1. The topological polar surface area (TPSA) is 59.0 Å². The molecule has 0 radical (unpaired) electrons. The van der Waals surface area contributed by atoms with Crippen molar-refractivity contribution in [3.05, 3.63) is 88.7 Å². The molecule has 3 aromatic rings. The molecule has 1 aromatic heterocycles. The quantitative estimate of drug-likeness (QED) is 0.763. The SMILES string of the molecule is Cn1cc(C(NC(=O)c2ccc3c(c2)CCNC3)c2ccccc2)cn1. The first-order valence-electron chi connectivity index (χ1n) is 8.87. The molecule has 0 saturated heterocycles. The number of carbonyl (C=O) groups is 1. The van der Waals surface area contributed by atoms with Crippen LogP contribution in [0.4, 0.5) is 0 Å². The van der Waals surface area contributed by atoms with E-state index >= 15 is 0 Å². The molecule has 0 saturated carbocycles. The van der Waals surface area contributed by atoms with Gasteiger partial charge in [-0.05, 0) is 41.8 Å². The van der Waals surface area contributed by atoms with Crippen molar-refractivity contribution in [3.8, 4) is 0 Å². The zero-order valence-electron chi connectivity index (χ0n) is 14.8. The van der Waals surface area contributed by atoms with Gasteiger partial charge in [0.1, 0.15) is 0 Å². The maximum atomic E-state index is 12.9. The molecule has 1 aliphatic heterocycles. The van der Waals surface area contributed by atoms with E-state index in [1.54, 1.807) is 10.9 Å². The van der Waals surface area contributed by atoms with Gasteiger partial charge in [0.2, 0.25) is 0 Å². The van der Waals surface area contributed by atoms with Crippen LogP contribution >= 0.6 is 0 Å². The molecule has 1 unspecified atom stereocenters. The molecule has 0 bridgehead atoms. The average Bonchev–Trinajstić information content (AvgIpc) is 3.12. The zero-order chi connectivity index (χ0) is 17.9. The van der Waals surface area contributed by atoms with E-state index in [-0.39, 0.29) is 11.9 Å². The fourth-order valence-electron chi connectivity index (χ4n) is 3.43. The standard InChI is InChI=1S/C21H22N4O/c1-25-14-19(13-23-25)20(15-5-3-2-4-6-15)24-21(26)17-7-8-18-12-22-10-9-16(18)11-17/h2-8,11,13-14,20,22H,9-10,12H2,1H3,(H,24,26). The molecule has 0 fully saturated rings. The van der Waals surface area contributed by atoms with Crippen molar-refractivity contribution < 1.29 is 4.79 Å². The maximum absolute atomic E-state index is 12.9. The van der Waals surface area contributed by atoms with Crippen LogP contribution in [0.15, 0.2) is 60.9 Å². The molecule has 4 rings (SSSR count). The van der Waals surface area contributed by atoms with Crippen LogP contribution in [0.2, 0.25) is 0 Å². The molecule has 132 valence electrons. The first kappa shape index (κ1) is 16.5. The van der Waals surface area contributed by atoms with Crippen LogP contribution in [0, 0.1) is 0 Å². The van der Waals surface area contributed by atoms with Crippen LogP contribution < -0.4 is 10.6 Å². The van der Waals surface area contributed by atoms with Crippen LogP contribution in [0.1, 0.15) is 38.7 Å². The molecule has 5 nitrogen and oxygen atoms in total. The van der Waals surface area contributed by atoms with Crippen molar-refractivity contribution in [1.82, 2.24) is 20.4 Å². The predicted molar refractivity (Wildman–Crippen MR) is 101 cm³/mol. The van der Waals surface area contributed by atoms with E-state index < -0.39 is 0 Å². The summed E-state index contributed by atoms with van der Waals surface area (Å²) in [6, 6.07) is 15.8. The highest BCUT2D eigenvalue weighted by molar-refractivity contribution is 5.95. The van der Waals surface area contributed by atoms with Gasteiger partial charge in [0.05, 0.1) is 12.2 Å². The summed E-state index contributed by atoms with van der Waals surface area (Å²) in [6.45, 7) is 1.83. The predicted octanol–water partition coefficient (Wildman–Crippen LogP) is 2.59. The number of nitrogens with zero attached hydrogens (tertiary/aromatic N) is 2. The number of rotatable bonds is 4. The molecule has 2 heterocycles. The van der Waals surface area contributed by atoms with Gasteiger partial charge in [0, 0.05) is 30.9 Å². The van der Waals surface area contributed by atoms with Gasteiger partial charge in [-0.2, -0.15) is 5.10 Å². The molecule has 1 atom stereocenters. The summed E-state index contributed by atoms with van der Waals surface area (Å²) in [4.78, 5) is 12.9. The first-order valence-corrected chi connectivity index (χ1v) is 8.87. The molecule has 1 amide bonds. The number of amides is 1. The van der Waals surface area contributed by atoms with E-state index in [1.807, 2.05) is 55.7 Å². The highest BCUT2D eigenvalue weighted by Gasteiger charge is 2.20. The number of hydrogen-bond acceptors (Lipinski definition) is 3. The van der Waals surface area contributed by atoms with E-state index in [0.717, 1.165) is 30.6 Å². The number of fused-ring (bicyclic) bond motifs is 1. The lowest BCUT2D eigenvalue weighted by molar-refractivity contribution is 0.0943. The lowest BCUT2D eigenvalue weighted by atomic mass is 9.97. The van der Waals surface area contributed by atoms with Crippen LogP contribution in [0.5, 0.6) is 0 Å². The Labute approximate surface area is 153 Å². The monoisotopic (exact) mass is 346 g/mol. The van der Waals surface area contributed by atoms with Crippen molar-refractivity contribution in [1.29, 1.82) is 0 Å². The molecule has 2 aromatic carbocycles. The summed E-state index contributed by atoms with van der Waals surface area (Å²) in [5.41, 5.74) is 5.24. The van der Waals surface area contributed by atoms with Crippen LogP contribution in [0.25, 0.3) is 0 Å². The van der Waals surface area contributed by atoms with Crippen molar-refractivity contribution in [2.45, 2.75) is 19.0 Å². The largest absolute Gasteiger partial charge is 0.341 e. The minimum Gasteiger partial charge on any atom is -0.341 e. The number of nitrogens with one attached hydrogen (secondary N) is 2. The third kappa shape index (κ3) is 3.39. The Morgan fingerprint density at radius 3 is 2.77 bits per heavy atom. The second-order valence-electron chi connectivity index (χ2n) is 6.67. The number of hydrogen-bond donors (Lipinski definition) is 2. The Bertz CT molecular complexity index is 917. The normalized spacial score (nSPS) is 14.5. The minimum absolute atomic E-state index is 0.0657. The van der Waals surface area contributed by atoms with Crippen molar-refractivity contribution >= 4 is 5.91 Å². The molecule has 2 N–H and O–H groups in total. The summed E-state index contributed by atoms with van der Waals surface area (Å²) < 4.78 is 1.75. The van der Waals surface area contributed by atoms with Gasteiger partial charge in [-0.1, -0.05) is 36.4 Å². The zero-order valence-corrected chi connectivity index (χ0v) is 14.8. The molecule has 0 aliphatic carbocycles. The van der Waals surface area contributed by atoms with Gasteiger partial charge in [0.25, 0.3) is 5.91 Å². The summed E-state index contributed by atoms with van der Waals surface area (Å²) in [7, 11) is 1.88. The summed E-state index contributed by atoms with van der Waals surface area (Å²) in [5, 5.41) is 10.8. The Kier molecular flexibility index (Phi) is 4.54. The van der Waals surface area contributed by atoms with Crippen molar-refractivity contribution in [2.24, 2.45) is 7.05 Å². The van der Waals surface area contributed by atoms with E-state index in [0.29, 0.717) is 5.56 Å². The van der Waals surface area contributed by atoms with Gasteiger partial charge in [-0.3, -0.25) is 9.48 Å². The van der Waals surface area contributed by atoms with Crippen LogP contribution in [-0.2, 0) is 20.0 Å². The van der Waals surface area contributed by atoms with E-state index in [4.69, 9.17) is 0 Å². The second-order valence-corrected chi connectivity index (χ2v) is 6.67. The van der Waals surface area contributed by atoms with E-state index in [2.05, 4.69) is 21.8 Å². The fraction of sp³-hybridized carbons (Fsp3) is 0.238. The third-order valence-electron chi connectivity index (χ3n) is 4.82. The number of benzene rings is 2. The first-order chi connectivity index (χ1) is 12.7. The molecular weight excluding hydrogens is 324 g/mol. The minimum atomic E-state index is -0.227. The Hall–Kier alpha value is -2.92. The highest BCUT2D eigenvalue weighted by atomic mass is 16.1. The van der Waals surface area contributed by atoms with Gasteiger partial charge in [-0.15, -0.1) is 0 Å². The Balaban J connectivity index is 1.62. The van der Waals surface area contributed by atoms with Crippen LogP contribution in [-0.4, -0.2) is 22.2 Å². The van der Waals surface area contributed by atoms with Gasteiger partial charge in [0.15, 0.2) is 0 Å². The maximum Gasteiger partial charge on any atom is 0.252 e. The van der Waals surface area contributed by atoms with Gasteiger partial charge in [-0.25, -0.2) is 0 Å². The average molecular weight is 346 g/mol. The second kappa shape index (κ2) is 7.14. The molecule has 0 spiro atoms. The van der Waals surface area contributed by atoms with Gasteiger partial charge >= 0.3 is 0 Å². The van der Waals surface area contributed by atoms with E-state index in [9.17, 15) is 4.79 Å². The lowest BCUT2D eigenvalue weighted by Gasteiger charge is -2.20. The highest BCUT2D eigenvalue weighted by Crippen LogP contribution is 2.23. The smallest absolute Gasteiger partial charge is 0.252 e. The van der Waals surface area contributed by atoms with Crippen molar-refractivity contribution in [3.63, 3.8) is 0 Å². The summed E-state index contributed by atoms with van der Waals surface area (Å²) >= 11 is 0. The van der Waals surface area contributed by atoms with Gasteiger partial charge < -0.3 is 10.6 Å². The fourth-order valence-corrected chi connectivity index (χ4v) is 3.43. The number of aromatic nitrogens is 2. The molecule has 26 heavy (non-hydrogen) atoms. The molecule has 5 heteroatoms. The Morgan fingerprint density at radius 1 is 1.15 bits per heavy atom. The van der Waals surface area contributed by atoms with Crippen LogP contribution in [0.3, 0.4) is 0 Å². The third-order valence-corrected chi connectivity index (χ3v) is 4.82. The summed E-state index contributed by atoms with van der Waals surface area (Å²) in [5.74, 6) is -0.0657. The van der Waals surface area contributed by atoms with Crippen molar-refractivity contribution in [2.75, 3.05) is 6.54 Å². The Morgan fingerprint density at radius 2 is 2.00 bits per heavy atom. The molecular formula is C21H22N4O. The van der Waals surface area contributed by atoms with E-state index in [1.165, 1.54) is 11.1 Å². The number of carbonyl (C=O) groups excluding carboxylic acids is 1. The lowest BCUT2D eigenvalue weighted by Crippen LogP contribution is -2.30.